The molecule has 5 nitrogen and oxygen atoms in total. The van der Waals surface area contributed by atoms with Crippen molar-refractivity contribution in [3.63, 3.8) is 0 Å². The lowest BCUT2D eigenvalue weighted by Gasteiger charge is -2.29. The molecule has 144 valence electrons. The zero-order valence-electron chi connectivity index (χ0n) is 15.5. The Hall–Kier alpha value is -2.15. The number of halogens is 1. The Kier molecular flexibility index (Phi) is 6.66. The first-order valence-electron chi connectivity index (χ1n) is 9.31. The van der Waals surface area contributed by atoms with E-state index in [4.69, 9.17) is 0 Å². The standard InChI is InChI=1S/C20H25FN4OS/c1-3-12-25-19(15-9-5-6-10-16(15)21)23-24-20(25)27-13-18(26)22-17-11-7-4-8-14(17)2/h3,5-6,9-10,14,17H,1,4,7-8,11-13H2,2H3,(H,22,26)/t14-,17-/m1/s1. The highest BCUT2D eigenvalue weighted by Gasteiger charge is 2.23. The minimum absolute atomic E-state index is 0.000607. The lowest BCUT2D eigenvalue weighted by atomic mass is 9.86. The molecule has 3 rings (SSSR count). The summed E-state index contributed by atoms with van der Waals surface area (Å²) < 4.78 is 15.9. The fourth-order valence-corrected chi connectivity index (χ4v) is 4.20. The molecule has 0 unspecified atom stereocenters. The summed E-state index contributed by atoms with van der Waals surface area (Å²) in [5.74, 6) is 0.868. The number of carbonyl (C=O) groups is 1. The van der Waals surface area contributed by atoms with Crippen LogP contribution in [-0.4, -0.2) is 32.5 Å². The van der Waals surface area contributed by atoms with Crippen molar-refractivity contribution in [1.29, 1.82) is 0 Å². The van der Waals surface area contributed by atoms with Crippen LogP contribution in [0, 0.1) is 11.7 Å². The van der Waals surface area contributed by atoms with Gasteiger partial charge in [0.25, 0.3) is 0 Å². The topological polar surface area (TPSA) is 59.8 Å². The molecule has 1 aliphatic carbocycles. The molecule has 7 heteroatoms. The Morgan fingerprint density at radius 2 is 2.15 bits per heavy atom. The average Bonchev–Trinajstić information content (AvgIpc) is 3.05. The van der Waals surface area contributed by atoms with Crippen molar-refractivity contribution in [3.8, 4) is 11.4 Å². The second-order valence-electron chi connectivity index (χ2n) is 6.91. The van der Waals surface area contributed by atoms with Gasteiger partial charge in [-0.2, -0.15) is 0 Å². The van der Waals surface area contributed by atoms with Gasteiger partial charge in [0, 0.05) is 12.6 Å². The Balaban J connectivity index is 1.69. The first-order valence-corrected chi connectivity index (χ1v) is 10.3. The summed E-state index contributed by atoms with van der Waals surface area (Å²) in [5.41, 5.74) is 0.388. The van der Waals surface area contributed by atoms with Crippen LogP contribution in [0.25, 0.3) is 11.4 Å². The van der Waals surface area contributed by atoms with Gasteiger partial charge in [-0.05, 0) is 30.9 Å². The predicted octanol–water partition coefficient (Wildman–Crippen LogP) is 4.06. The van der Waals surface area contributed by atoms with Gasteiger partial charge in [0.15, 0.2) is 11.0 Å². The van der Waals surface area contributed by atoms with Gasteiger partial charge in [-0.3, -0.25) is 9.36 Å². The third kappa shape index (κ3) is 4.77. The molecular formula is C20H25FN4OS. The van der Waals surface area contributed by atoms with E-state index >= 15 is 0 Å². The lowest BCUT2D eigenvalue weighted by Crippen LogP contribution is -2.41. The van der Waals surface area contributed by atoms with E-state index in [0.717, 1.165) is 12.8 Å². The van der Waals surface area contributed by atoms with Crippen molar-refractivity contribution >= 4 is 17.7 Å². The van der Waals surface area contributed by atoms with Crippen molar-refractivity contribution in [3.05, 3.63) is 42.7 Å². The van der Waals surface area contributed by atoms with Crippen LogP contribution in [0.4, 0.5) is 4.39 Å². The van der Waals surface area contributed by atoms with Gasteiger partial charge in [-0.1, -0.05) is 49.7 Å². The van der Waals surface area contributed by atoms with Crippen LogP contribution >= 0.6 is 11.8 Å². The number of nitrogens with one attached hydrogen (secondary N) is 1. The third-order valence-corrected chi connectivity index (χ3v) is 5.90. The molecule has 0 spiro atoms. The Bertz CT molecular complexity index is 807. The van der Waals surface area contributed by atoms with E-state index in [0.29, 0.717) is 29.0 Å². The number of hydrogen-bond acceptors (Lipinski definition) is 4. The predicted molar refractivity (Wildman–Crippen MR) is 106 cm³/mol. The van der Waals surface area contributed by atoms with E-state index in [2.05, 4.69) is 29.0 Å². The minimum Gasteiger partial charge on any atom is -0.352 e. The second kappa shape index (κ2) is 9.17. The van der Waals surface area contributed by atoms with Crippen molar-refractivity contribution in [1.82, 2.24) is 20.1 Å². The smallest absolute Gasteiger partial charge is 0.230 e. The van der Waals surface area contributed by atoms with Crippen LogP contribution in [0.1, 0.15) is 32.6 Å². The first kappa shape index (κ1) is 19.6. The van der Waals surface area contributed by atoms with Crippen molar-refractivity contribution < 1.29 is 9.18 Å². The number of thioether (sulfide) groups is 1. The molecule has 1 heterocycles. The number of amides is 1. The molecule has 0 aliphatic heterocycles. The number of rotatable bonds is 7. The van der Waals surface area contributed by atoms with Gasteiger partial charge in [-0.15, -0.1) is 16.8 Å². The van der Waals surface area contributed by atoms with E-state index in [9.17, 15) is 9.18 Å². The summed E-state index contributed by atoms with van der Waals surface area (Å²) >= 11 is 1.31. The number of nitrogens with zero attached hydrogens (tertiary/aromatic N) is 3. The highest BCUT2D eigenvalue weighted by Crippen LogP contribution is 2.27. The highest BCUT2D eigenvalue weighted by molar-refractivity contribution is 7.99. The lowest BCUT2D eigenvalue weighted by molar-refractivity contribution is -0.119. The zero-order valence-corrected chi connectivity index (χ0v) is 16.3. The average molecular weight is 389 g/mol. The fraction of sp³-hybridized carbons (Fsp3) is 0.450. The maximum absolute atomic E-state index is 14.1. The molecule has 0 bridgehead atoms. The van der Waals surface area contributed by atoms with Gasteiger partial charge in [0.05, 0.1) is 11.3 Å². The largest absolute Gasteiger partial charge is 0.352 e. The maximum atomic E-state index is 14.1. The summed E-state index contributed by atoms with van der Waals surface area (Å²) in [4.78, 5) is 12.4. The van der Waals surface area contributed by atoms with Crippen molar-refractivity contribution in [2.24, 2.45) is 5.92 Å². The van der Waals surface area contributed by atoms with E-state index in [1.807, 2.05) is 0 Å². The van der Waals surface area contributed by atoms with Gasteiger partial charge in [0.1, 0.15) is 5.82 Å². The summed E-state index contributed by atoms with van der Waals surface area (Å²) in [6.45, 7) is 6.39. The molecule has 1 N–H and O–H groups in total. The number of aromatic nitrogens is 3. The van der Waals surface area contributed by atoms with Gasteiger partial charge < -0.3 is 5.32 Å². The van der Waals surface area contributed by atoms with E-state index < -0.39 is 0 Å². The van der Waals surface area contributed by atoms with Gasteiger partial charge in [0.2, 0.25) is 5.91 Å². The number of hydrogen-bond donors (Lipinski definition) is 1. The minimum atomic E-state index is -0.351. The molecule has 2 aromatic rings. The molecule has 1 aromatic carbocycles. The van der Waals surface area contributed by atoms with Gasteiger partial charge >= 0.3 is 0 Å². The SMILES string of the molecule is C=CCn1c(SCC(=O)N[C@@H]2CCCC[C@H]2C)nnc1-c1ccccc1F. The van der Waals surface area contributed by atoms with Crippen LogP contribution in [0.5, 0.6) is 0 Å². The van der Waals surface area contributed by atoms with Crippen molar-refractivity contribution in [2.75, 3.05) is 5.75 Å². The second-order valence-corrected chi connectivity index (χ2v) is 7.85. The van der Waals surface area contributed by atoms with Crippen LogP contribution in [0.15, 0.2) is 42.1 Å². The number of carbonyl (C=O) groups excluding carboxylic acids is 1. The summed E-state index contributed by atoms with van der Waals surface area (Å²) in [5, 5.41) is 12.0. The van der Waals surface area contributed by atoms with Gasteiger partial charge in [-0.25, -0.2) is 4.39 Å². The molecular weight excluding hydrogens is 363 g/mol. The molecule has 2 atom stereocenters. The zero-order chi connectivity index (χ0) is 19.2. The van der Waals surface area contributed by atoms with Crippen LogP contribution in [-0.2, 0) is 11.3 Å². The summed E-state index contributed by atoms with van der Waals surface area (Å²) in [6, 6.07) is 6.72. The number of allylic oxidation sites excluding steroid dienone is 1. The van der Waals surface area contributed by atoms with Crippen LogP contribution in [0.2, 0.25) is 0 Å². The molecule has 1 saturated carbocycles. The quantitative estimate of drug-likeness (QED) is 0.574. The first-order chi connectivity index (χ1) is 13.1. The van der Waals surface area contributed by atoms with E-state index in [1.165, 1.54) is 30.7 Å². The molecule has 0 saturated heterocycles. The molecule has 1 aromatic heterocycles. The van der Waals surface area contributed by atoms with Crippen LogP contribution in [0.3, 0.4) is 0 Å². The van der Waals surface area contributed by atoms with Crippen LogP contribution < -0.4 is 5.32 Å². The third-order valence-electron chi connectivity index (χ3n) is 4.93. The van der Waals surface area contributed by atoms with E-state index in [-0.39, 0.29) is 23.5 Å². The Morgan fingerprint density at radius 1 is 1.37 bits per heavy atom. The monoisotopic (exact) mass is 388 g/mol. The van der Waals surface area contributed by atoms with Crippen molar-refractivity contribution in [2.45, 2.75) is 50.4 Å². The molecule has 1 fully saturated rings. The normalized spacial score (nSPS) is 19.6. The highest BCUT2D eigenvalue weighted by atomic mass is 32.2. The molecule has 1 amide bonds. The summed E-state index contributed by atoms with van der Waals surface area (Å²) in [7, 11) is 0. The Morgan fingerprint density at radius 3 is 2.89 bits per heavy atom. The summed E-state index contributed by atoms with van der Waals surface area (Å²) in [6.07, 6.45) is 6.33. The number of benzene rings is 1. The molecule has 1 aliphatic rings. The molecule has 0 radical (unpaired) electrons. The Labute approximate surface area is 163 Å². The molecule has 27 heavy (non-hydrogen) atoms. The fourth-order valence-electron chi connectivity index (χ4n) is 3.44. The maximum Gasteiger partial charge on any atom is 0.230 e. The van der Waals surface area contributed by atoms with E-state index in [1.54, 1.807) is 28.8 Å².